The Labute approximate surface area is 167 Å². The quantitative estimate of drug-likeness (QED) is 0.579. The highest BCUT2D eigenvalue weighted by molar-refractivity contribution is 5.95. The molecule has 2 atom stereocenters. The monoisotopic (exact) mass is 423 g/mol. The summed E-state index contributed by atoms with van der Waals surface area (Å²) in [6.07, 6.45) is -7.21. The lowest BCUT2D eigenvalue weighted by Crippen LogP contribution is -2.30. The van der Waals surface area contributed by atoms with E-state index >= 15 is 0 Å². The molecule has 2 aromatic heterocycles. The highest BCUT2D eigenvalue weighted by Crippen LogP contribution is 2.30. The smallest absolute Gasteiger partial charge is 0.417 e. The Morgan fingerprint density at radius 1 is 1.03 bits per heavy atom. The molecule has 1 aromatic carbocycles. The Balaban J connectivity index is 1.51. The minimum Gasteiger partial charge on any atom is -0.439 e. The van der Waals surface area contributed by atoms with Gasteiger partial charge in [0, 0.05) is 17.6 Å². The van der Waals surface area contributed by atoms with Crippen LogP contribution in [0.15, 0.2) is 48.7 Å². The van der Waals surface area contributed by atoms with E-state index in [0.29, 0.717) is 22.8 Å². The number of amides is 1. The normalized spacial score (nSPS) is 19.3. The molecule has 1 amide bonds. The SMILES string of the molecule is O=C(c1ccc2cc(Oc3ccc(C(F)(F)F)cn3)ccc2n1)N1CC(F)C(F)C1. The van der Waals surface area contributed by atoms with E-state index in [-0.39, 0.29) is 24.7 Å². The molecular formula is C20H14F5N3O2. The lowest BCUT2D eigenvalue weighted by Gasteiger charge is -2.14. The maximum Gasteiger partial charge on any atom is 0.417 e. The van der Waals surface area contributed by atoms with Gasteiger partial charge >= 0.3 is 6.18 Å². The van der Waals surface area contributed by atoms with Gasteiger partial charge in [-0.05, 0) is 30.3 Å². The van der Waals surface area contributed by atoms with Gasteiger partial charge in [-0.3, -0.25) is 4.79 Å². The predicted octanol–water partition coefficient (Wildman–Crippen LogP) is 4.57. The number of nitrogens with zero attached hydrogens (tertiary/aromatic N) is 3. The first-order chi connectivity index (χ1) is 14.2. The van der Waals surface area contributed by atoms with E-state index in [4.69, 9.17) is 4.74 Å². The molecule has 1 fully saturated rings. The van der Waals surface area contributed by atoms with E-state index in [9.17, 15) is 26.7 Å². The van der Waals surface area contributed by atoms with Crippen LogP contribution in [0.5, 0.6) is 11.6 Å². The van der Waals surface area contributed by atoms with Crippen molar-refractivity contribution in [3.8, 4) is 11.6 Å². The van der Waals surface area contributed by atoms with Gasteiger partial charge in [-0.1, -0.05) is 6.07 Å². The first kappa shape index (κ1) is 20.0. The van der Waals surface area contributed by atoms with E-state index in [1.165, 1.54) is 12.1 Å². The van der Waals surface area contributed by atoms with Crippen LogP contribution in [0, 0.1) is 0 Å². The summed E-state index contributed by atoms with van der Waals surface area (Å²) in [6, 6.07) is 9.67. The van der Waals surface area contributed by atoms with E-state index < -0.39 is 30.0 Å². The molecule has 3 heterocycles. The van der Waals surface area contributed by atoms with Crippen LogP contribution in [0.1, 0.15) is 16.1 Å². The van der Waals surface area contributed by atoms with Crippen molar-refractivity contribution in [2.45, 2.75) is 18.5 Å². The molecule has 2 unspecified atom stereocenters. The number of benzene rings is 1. The number of hydrogen-bond donors (Lipinski definition) is 0. The van der Waals surface area contributed by atoms with Gasteiger partial charge < -0.3 is 9.64 Å². The van der Waals surface area contributed by atoms with Crippen molar-refractivity contribution >= 4 is 16.8 Å². The molecule has 1 aliphatic rings. The molecule has 0 saturated carbocycles. The summed E-state index contributed by atoms with van der Waals surface area (Å²) in [5.41, 5.74) is -0.380. The van der Waals surface area contributed by atoms with Gasteiger partial charge in [0.05, 0.1) is 24.2 Å². The molecule has 156 valence electrons. The number of ether oxygens (including phenoxy) is 1. The summed E-state index contributed by atoms with van der Waals surface area (Å²) in [7, 11) is 0. The molecule has 0 bridgehead atoms. The summed E-state index contributed by atoms with van der Waals surface area (Å²) in [6.45, 7) is -0.626. The van der Waals surface area contributed by atoms with Gasteiger partial charge in [0.1, 0.15) is 11.4 Å². The molecule has 0 radical (unpaired) electrons. The number of pyridine rings is 2. The number of carbonyl (C=O) groups is 1. The highest BCUT2D eigenvalue weighted by Gasteiger charge is 2.36. The van der Waals surface area contributed by atoms with E-state index in [1.807, 2.05) is 0 Å². The lowest BCUT2D eigenvalue weighted by atomic mass is 10.2. The molecule has 4 rings (SSSR count). The highest BCUT2D eigenvalue weighted by atomic mass is 19.4. The lowest BCUT2D eigenvalue weighted by molar-refractivity contribution is -0.137. The van der Waals surface area contributed by atoms with E-state index in [0.717, 1.165) is 17.0 Å². The standard InChI is InChI=1S/C20H14F5N3O2/c21-14-9-28(10-15(14)22)19(29)17-4-1-11-7-13(3-5-16(11)27-17)30-18-6-2-12(8-26-18)20(23,24)25/h1-8,14-15H,9-10H2. The topological polar surface area (TPSA) is 55.3 Å². The van der Waals surface area contributed by atoms with Gasteiger partial charge in [0.25, 0.3) is 5.91 Å². The van der Waals surface area contributed by atoms with E-state index in [1.54, 1.807) is 18.2 Å². The summed E-state index contributed by atoms with van der Waals surface area (Å²) >= 11 is 0. The second-order valence-electron chi connectivity index (χ2n) is 6.78. The van der Waals surface area contributed by atoms with Gasteiger partial charge in [-0.2, -0.15) is 13.2 Å². The van der Waals surface area contributed by atoms with Crippen LogP contribution in [0.4, 0.5) is 22.0 Å². The van der Waals surface area contributed by atoms with Crippen LogP contribution in [0.2, 0.25) is 0 Å². The minimum absolute atomic E-state index is 0.0160. The van der Waals surface area contributed by atoms with Crippen LogP contribution in [-0.2, 0) is 6.18 Å². The van der Waals surface area contributed by atoms with Crippen molar-refractivity contribution in [1.29, 1.82) is 0 Å². The maximum absolute atomic E-state index is 13.3. The Bertz CT molecular complexity index is 1080. The average molecular weight is 423 g/mol. The zero-order valence-electron chi connectivity index (χ0n) is 15.2. The summed E-state index contributed by atoms with van der Waals surface area (Å²) in [5, 5.41) is 0.601. The number of carbonyl (C=O) groups excluding carboxylic acids is 1. The fraction of sp³-hybridized carbons (Fsp3) is 0.250. The van der Waals surface area contributed by atoms with Crippen molar-refractivity contribution in [1.82, 2.24) is 14.9 Å². The Hall–Kier alpha value is -3.30. The molecule has 1 saturated heterocycles. The second-order valence-corrected chi connectivity index (χ2v) is 6.78. The molecule has 1 aliphatic heterocycles. The summed E-state index contributed by atoms with van der Waals surface area (Å²) in [4.78, 5) is 21.4. The van der Waals surface area contributed by atoms with Crippen LogP contribution >= 0.6 is 0 Å². The fourth-order valence-corrected chi connectivity index (χ4v) is 3.07. The van der Waals surface area contributed by atoms with Crippen molar-refractivity contribution in [2.24, 2.45) is 0 Å². The third-order valence-corrected chi connectivity index (χ3v) is 4.64. The minimum atomic E-state index is -4.49. The number of hydrogen-bond acceptors (Lipinski definition) is 4. The maximum atomic E-state index is 13.3. The number of rotatable bonds is 3. The molecule has 30 heavy (non-hydrogen) atoms. The first-order valence-corrected chi connectivity index (χ1v) is 8.90. The van der Waals surface area contributed by atoms with Crippen LogP contribution < -0.4 is 4.74 Å². The number of alkyl halides is 5. The van der Waals surface area contributed by atoms with Crippen molar-refractivity contribution < 1.29 is 31.5 Å². The van der Waals surface area contributed by atoms with Gasteiger partial charge in [0.2, 0.25) is 5.88 Å². The third kappa shape index (κ3) is 4.03. The molecule has 0 aliphatic carbocycles. The first-order valence-electron chi connectivity index (χ1n) is 8.90. The zero-order chi connectivity index (χ0) is 21.5. The average Bonchev–Trinajstić information content (AvgIpc) is 3.05. The largest absolute Gasteiger partial charge is 0.439 e. The third-order valence-electron chi connectivity index (χ3n) is 4.64. The van der Waals surface area contributed by atoms with Crippen LogP contribution in [0.3, 0.4) is 0 Å². The molecule has 0 N–H and O–H groups in total. The van der Waals surface area contributed by atoms with Gasteiger partial charge in [0.15, 0.2) is 12.3 Å². The Morgan fingerprint density at radius 2 is 1.77 bits per heavy atom. The summed E-state index contributed by atoms with van der Waals surface area (Å²) in [5.74, 6) is -0.262. The summed E-state index contributed by atoms with van der Waals surface area (Å²) < 4.78 is 69.9. The molecule has 5 nitrogen and oxygen atoms in total. The van der Waals surface area contributed by atoms with Crippen molar-refractivity contribution in [3.63, 3.8) is 0 Å². The number of halogens is 5. The molecule has 10 heteroatoms. The van der Waals surface area contributed by atoms with E-state index in [2.05, 4.69) is 9.97 Å². The van der Waals surface area contributed by atoms with Crippen molar-refractivity contribution in [2.75, 3.05) is 13.1 Å². The number of fused-ring (bicyclic) bond motifs is 1. The molecular weight excluding hydrogens is 409 g/mol. The zero-order valence-corrected chi connectivity index (χ0v) is 15.2. The second kappa shape index (κ2) is 7.51. The molecule has 3 aromatic rings. The van der Waals surface area contributed by atoms with Gasteiger partial charge in [-0.25, -0.2) is 18.7 Å². The molecule has 0 spiro atoms. The number of aromatic nitrogens is 2. The number of likely N-dealkylation sites (tertiary alicyclic amines) is 1. The fourth-order valence-electron chi connectivity index (χ4n) is 3.07. The van der Waals surface area contributed by atoms with Crippen LogP contribution in [0.25, 0.3) is 10.9 Å². The Morgan fingerprint density at radius 3 is 2.40 bits per heavy atom. The van der Waals surface area contributed by atoms with Crippen molar-refractivity contribution in [3.05, 3.63) is 59.9 Å². The van der Waals surface area contributed by atoms with Crippen LogP contribution in [-0.4, -0.2) is 46.2 Å². The predicted molar refractivity (Wildman–Crippen MR) is 96.8 cm³/mol. The Kier molecular flexibility index (Phi) is 5.00. The van der Waals surface area contributed by atoms with Gasteiger partial charge in [-0.15, -0.1) is 0 Å².